The van der Waals surface area contributed by atoms with Gasteiger partial charge in [-0.3, -0.25) is 9.20 Å². The third-order valence-electron chi connectivity index (χ3n) is 3.96. The average Bonchev–Trinajstić information content (AvgIpc) is 3.14. The minimum Gasteiger partial charge on any atom is -0.330 e. The molecular formula is C19H15F2N5OS3. The third-order valence-corrected chi connectivity index (χ3v) is 6.68. The molecule has 3 aromatic heterocycles. The van der Waals surface area contributed by atoms with Gasteiger partial charge in [0.1, 0.15) is 5.65 Å². The van der Waals surface area contributed by atoms with Gasteiger partial charge >= 0.3 is 0 Å². The zero-order chi connectivity index (χ0) is 21.1. The van der Waals surface area contributed by atoms with Crippen LogP contribution >= 0.6 is 34.9 Å². The summed E-state index contributed by atoms with van der Waals surface area (Å²) in [6.45, 7) is 1.95. The van der Waals surface area contributed by atoms with Crippen LogP contribution in [-0.2, 0) is 5.75 Å². The first-order valence-corrected chi connectivity index (χ1v) is 11.4. The second-order valence-electron chi connectivity index (χ2n) is 6.21. The maximum absolute atomic E-state index is 12.4. The molecule has 4 aromatic rings. The summed E-state index contributed by atoms with van der Waals surface area (Å²) >= 11 is 3.31. The van der Waals surface area contributed by atoms with Crippen LogP contribution in [0.1, 0.15) is 11.3 Å². The Morgan fingerprint density at radius 3 is 2.73 bits per heavy atom. The maximum Gasteiger partial charge on any atom is 0.288 e. The summed E-state index contributed by atoms with van der Waals surface area (Å²) in [5.41, 5.74) is 2.94. The minimum absolute atomic E-state index is 0.122. The Bertz CT molecular complexity index is 1230. The lowest BCUT2D eigenvalue weighted by atomic mass is 10.3. The number of nitrogens with zero attached hydrogens (tertiary/aromatic N) is 4. The van der Waals surface area contributed by atoms with Gasteiger partial charge in [0.25, 0.3) is 11.3 Å². The monoisotopic (exact) mass is 463 g/mol. The van der Waals surface area contributed by atoms with Crippen LogP contribution in [0.4, 0.5) is 19.6 Å². The van der Waals surface area contributed by atoms with Crippen molar-refractivity contribution in [2.75, 3.05) is 5.32 Å². The fourth-order valence-electron chi connectivity index (χ4n) is 2.63. The van der Waals surface area contributed by atoms with Gasteiger partial charge in [0.05, 0.1) is 5.69 Å². The largest absolute Gasteiger partial charge is 0.330 e. The second-order valence-corrected chi connectivity index (χ2v) is 9.47. The highest BCUT2D eigenvalue weighted by molar-refractivity contribution is 8.00. The van der Waals surface area contributed by atoms with Crippen molar-refractivity contribution in [1.82, 2.24) is 19.6 Å². The van der Waals surface area contributed by atoms with E-state index in [2.05, 4.69) is 20.5 Å². The molecule has 0 saturated carbocycles. The van der Waals surface area contributed by atoms with Gasteiger partial charge in [-0.05, 0) is 48.9 Å². The highest BCUT2D eigenvalue weighted by Gasteiger charge is 2.09. The van der Waals surface area contributed by atoms with Crippen molar-refractivity contribution in [2.45, 2.75) is 27.7 Å². The van der Waals surface area contributed by atoms with E-state index < -0.39 is 5.76 Å². The van der Waals surface area contributed by atoms with Crippen LogP contribution in [0.5, 0.6) is 0 Å². The fourth-order valence-corrected chi connectivity index (χ4v) is 4.79. The molecule has 0 atom stereocenters. The van der Waals surface area contributed by atoms with Crippen LogP contribution in [0.3, 0.4) is 0 Å². The second kappa shape index (κ2) is 9.11. The van der Waals surface area contributed by atoms with E-state index in [0.717, 1.165) is 15.6 Å². The number of alkyl halides is 2. The first-order valence-electron chi connectivity index (χ1n) is 8.73. The summed E-state index contributed by atoms with van der Waals surface area (Å²) in [5.74, 6) is -1.95. The lowest BCUT2D eigenvalue weighted by Crippen LogP contribution is -2.15. The third kappa shape index (κ3) is 5.15. The highest BCUT2D eigenvalue weighted by Crippen LogP contribution is 2.31. The Morgan fingerprint density at radius 2 is 1.97 bits per heavy atom. The van der Waals surface area contributed by atoms with Gasteiger partial charge in [-0.2, -0.15) is 8.78 Å². The Morgan fingerprint density at radius 1 is 1.17 bits per heavy atom. The van der Waals surface area contributed by atoms with Gasteiger partial charge in [0.15, 0.2) is 4.34 Å². The number of halogens is 2. The van der Waals surface area contributed by atoms with E-state index >= 15 is 0 Å². The zero-order valence-electron chi connectivity index (χ0n) is 15.6. The number of nitrogens with one attached hydrogen (secondary N) is 1. The van der Waals surface area contributed by atoms with Crippen LogP contribution < -0.4 is 10.9 Å². The number of anilines is 2. The van der Waals surface area contributed by atoms with Crippen LogP contribution in [0, 0.1) is 6.92 Å². The molecule has 0 aliphatic rings. The van der Waals surface area contributed by atoms with Crippen molar-refractivity contribution < 1.29 is 8.78 Å². The fraction of sp³-hybridized carbons (Fsp3) is 0.158. The molecule has 154 valence electrons. The smallest absolute Gasteiger partial charge is 0.288 e. The number of thioether (sulfide) groups is 2. The Balaban J connectivity index is 1.40. The molecule has 0 fully saturated rings. The zero-order valence-corrected chi connectivity index (χ0v) is 18.0. The number of rotatable bonds is 7. The molecule has 1 aromatic carbocycles. The Hall–Kier alpha value is -2.50. The van der Waals surface area contributed by atoms with E-state index in [1.807, 2.05) is 19.1 Å². The number of hydrogen-bond acceptors (Lipinski definition) is 8. The quantitative estimate of drug-likeness (QED) is 0.378. The van der Waals surface area contributed by atoms with Gasteiger partial charge in [0.2, 0.25) is 5.13 Å². The molecule has 0 aliphatic heterocycles. The number of aromatic nitrogens is 4. The van der Waals surface area contributed by atoms with Crippen molar-refractivity contribution in [3.8, 4) is 0 Å². The van der Waals surface area contributed by atoms with Gasteiger partial charge in [0, 0.05) is 28.6 Å². The predicted octanol–water partition coefficient (Wildman–Crippen LogP) is 5.21. The molecule has 1 N–H and O–H groups in total. The Kier molecular flexibility index (Phi) is 6.30. The lowest BCUT2D eigenvalue weighted by molar-refractivity contribution is 0.252. The van der Waals surface area contributed by atoms with E-state index in [4.69, 9.17) is 0 Å². The first-order chi connectivity index (χ1) is 14.5. The molecule has 11 heteroatoms. The highest BCUT2D eigenvalue weighted by atomic mass is 32.2. The molecule has 0 radical (unpaired) electrons. The number of pyridine rings is 1. The number of aryl methyl sites for hydroxylation is 1. The molecular weight excluding hydrogens is 448 g/mol. The van der Waals surface area contributed by atoms with Crippen molar-refractivity contribution in [1.29, 1.82) is 0 Å². The topological polar surface area (TPSA) is 72.2 Å². The molecule has 0 saturated heterocycles. The van der Waals surface area contributed by atoms with Crippen LogP contribution in [0.25, 0.3) is 5.65 Å². The summed E-state index contributed by atoms with van der Waals surface area (Å²) in [4.78, 5) is 17.3. The molecule has 0 unspecified atom stereocenters. The number of hydrogen-bond donors (Lipinski definition) is 1. The molecule has 6 nitrogen and oxygen atoms in total. The summed E-state index contributed by atoms with van der Waals surface area (Å²) in [6.07, 6.45) is 1.72. The van der Waals surface area contributed by atoms with Crippen molar-refractivity contribution >= 4 is 51.3 Å². The van der Waals surface area contributed by atoms with E-state index in [1.54, 1.807) is 30.5 Å². The van der Waals surface area contributed by atoms with E-state index in [-0.39, 0.29) is 5.56 Å². The summed E-state index contributed by atoms with van der Waals surface area (Å²) in [7, 11) is 0. The average molecular weight is 464 g/mol. The lowest BCUT2D eigenvalue weighted by Gasteiger charge is -2.04. The van der Waals surface area contributed by atoms with Crippen molar-refractivity contribution in [3.63, 3.8) is 0 Å². The molecule has 3 heterocycles. The summed E-state index contributed by atoms with van der Waals surface area (Å²) in [5, 5.41) is 11.9. The van der Waals surface area contributed by atoms with Crippen LogP contribution in [-0.4, -0.2) is 25.3 Å². The molecule has 0 amide bonds. The van der Waals surface area contributed by atoms with Gasteiger partial charge in [-0.25, -0.2) is 4.98 Å². The molecule has 4 rings (SSSR count). The van der Waals surface area contributed by atoms with Gasteiger partial charge in [-0.15, -0.1) is 10.2 Å². The molecule has 0 aliphatic carbocycles. The molecule has 0 spiro atoms. The summed E-state index contributed by atoms with van der Waals surface area (Å²) < 4.78 is 27.0. The number of fused-ring (bicyclic) bond motifs is 1. The van der Waals surface area contributed by atoms with Gasteiger partial charge < -0.3 is 5.32 Å². The SMILES string of the molecule is Cc1ccn2c(=O)cc(CSc3nnc(Nc4ccc(SC(F)F)cc4)s3)nc2c1. The standard InChI is InChI=1S/C19H15F2N5OS3/c1-11-6-7-26-15(8-11)22-13(9-16(26)27)10-28-19-25-24-18(30-19)23-12-2-4-14(5-3-12)29-17(20)21/h2-9,17H,10H2,1H3,(H,23,24). The molecule has 30 heavy (non-hydrogen) atoms. The van der Waals surface area contributed by atoms with E-state index in [1.165, 1.54) is 33.6 Å². The van der Waals surface area contributed by atoms with Crippen LogP contribution in [0.15, 0.2) is 62.7 Å². The van der Waals surface area contributed by atoms with Crippen molar-refractivity contribution in [2.24, 2.45) is 0 Å². The Labute approximate surface area is 182 Å². The minimum atomic E-state index is -2.44. The number of benzene rings is 1. The maximum atomic E-state index is 12.4. The van der Waals surface area contributed by atoms with Crippen LogP contribution in [0.2, 0.25) is 0 Å². The van der Waals surface area contributed by atoms with Gasteiger partial charge in [-0.1, -0.05) is 34.9 Å². The normalized spacial score (nSPS) is 11.3. The van der Waals surface area contributed by atoms with E-state index in [0.29, 0.717) is 38.9 Å². The first kappa shape index (κ1) is 20.8. The van der Waals surface area contributed by atoms with Crippen molar-refractivity contribution in [3.05, 3.63) is 70.3 Å². The summed E-state index contributed by atoms with van der Waals surface area (Å²) in [6, 6.07) is 11.9. The predicted molar refractivity (Wildman–Crippen MR) is 117 cm³/mol. The molecule has 0 bridgehead atoms. The van der Waals surface area contributed by atoms with E-state index in [9.17, 15) is 13.6 Å².